The Balaban J connectivity index is 1.27. The Labute approximate surface area is 445 Å². The summed E-state index contributed by atoms with van der Waals surface area (Å²) in [6.45, 7) is 0. The van der Waals surface area contributed by atoms with Gasteiger partial charge >= 0.3 is 0 Å². The first kappa shape index (κ1) is 43.4. The molecular weight excluding hydrogens is 957 g/mol. The first-order valence-corrected chi connectivity index (χ1v) is 25.8. The van der Waals surface area contributed by atoms with E-state index in [2.05, 4.69) is 182 Å². The van der Waals surface area contributed by atoms with E-state index in [1.54, 1.807) is 0 Å². The fraction of sp³-hybridized carbons (Fsp3) is 0. The molecule has 0 aliphatic carbocycles. The molecular formula is C68H40N10. The Hall–Kier alpha value is -11.0. The largest absolute Gasteiger partial charge is 0.306 e. The summed E-state index contributed by atoms with van der Waals surface area (Å²) in [7, 11) is 0. The van der Waals surface area contributed by atoms with Gasteiger partial charge in [-0.1, -0.05) is 133 Å². The molecule has 0 atom stereocenters. The zero-order valence-electron chi connectivity index (χ0n) is 41.6. The lowest BCUT2D eigenvalue weighted by molar-refractivity contribution is 1.02. The molecule has 9 aromatic heterocycles. The molecule has 0 aliphatic heterocycles. The zero-order chi connectivity index (χ0) is 51.4. The maximum Gasteiger partial charge on any atom is 0.102 e. The minimum atomic E-state index is 0.454. The number of para-hydroxylation sites is 4. The van der Waals surface area contributed by atoms with Crippen LogP contribution < -0.4 is 0 Å². The van der Waals surface area contributed by atoms with E-state index in [1.165, 1.54) is 0 Å². The third kappa shape index (κ3) is 6.21. The van der Waals surface area contributed by atoms with E-state index in [1.807, 2.05) is 86.0 Å². The molecule has 362 valence electrons. The average molecular weight is 997 g/mol. The summed E-state index contributed by atoms with van der Waals surface area (Å²) in [6.07, 6.45) is 15.3. The number of hydrogen-bond donors (Lipinski definition) is 0. The van der Waals surface area contributed by atoms with Crippen molar-refractivity contribution in [3.63, 3.8) is 0 Å². The summed E-state index contributed by atoms with van der Waals surface area (Å²) in [4.78, 5) is 24.5. The molecule has 0 fully saturated rings. The quantitative estimate of drug-likeness (QED) is 0.157. The Morgan fingerprint density at radius 3 is 0.974 bits per heavy atom. The molecule has 0 amide bonds. The third-order valence-electron chi connectivity index (χ3n) is 15.6. The van der Waals surface area contributed by atoms with Crippen LogP contribution in [0.1, 0.15) is 5.56 Å². The number of nitriles is 1. The number of hydrogen-bond acceptors (Lipinski definition) is 6. The van der Waals surface area contributed by atoms with Gasteiger partial charge in [0, 0.05) is 109 Å². The highest BCUT2D eigenvalue weighted by molar-refractivity contribution is 6.17. The predicted molar refractivity (Wildman–Crippen MR) is 314 cm³/mol. The van der Waals surface area contributed by atoms with Gasteiger partial charge in [0.15, 0.2) is 0 Å². The molecule has 16 aromatic rings. The van der Waals surface area contributed by atoms with Gasteiger partial charge in [0.1, 0.15) is 6.07 Å². The standard InChI is InChI=1S/C68H40N10/c69-37-49-64(44-35-54(42-15-3-1-4-16-42)74-55(36-44)43-17-5-2-6-18-43)66(76-57-24-12-8-20-46(57)51-39-71-32-28-61(51)76)68(78-59-26-14-10-22-48(59)53-41-73-34-30-63(53)78)67(77-58-25-13-9-21-47(58)52-40-72-33-29-62(52)77)65(49)75-56-23-11-7-19-45(56)50-38-70-31-27-60(50)75/h1-36,38-41H. The second-order valence-electron chi connectivity index (χ2n) is 19.6. The van der Waals surface area contributed by atoms with Gasteiger partial charge in [-0.25, -0.2) is 4.98 Å². The highest BCUT2D eigenvalue weighted by Gasteiger charge is 2.35. The fourth-order valence-corrected chi connectivity index (χ4v) is 12.4. The van der Waals surface area contributed by atoms with Crippen molar-refractivity contribution in [1.29, 1.82) is 5.26 Å². The molecule has 0 radical (unpaired) electrons. The normalized spacial score (nSPS) is 11.8. The lowest BCUT2D eigenvalue weighted by Crippen LogP contribution is -2.17. The van der Waals surface area contributed by atoms with E-state index in [4.69, 9.17) is 24.9 Å². The summed E-state index contributed by atoms with van der Waals surface area (Å²) in [5.74, 6) is 0. The Kier molecular flexibility index (Phi) is 9.46. The predicted octanol–water partition coefficient (Wildman–Crippen LogP) is 15.9. The number of pyridine rings is 5. The van der Waals surface area contributed by atoms with Crippen LogP contribution in [0, 0.1) is 11.3 Å². The monoisotopic (exact) mass is 996 g/mol. The maximum atomic E-state index is 12.9. The van der Waals surface area contributed by atoms with Crippen molar-refractivity contribution >= 4 is 87.2 Å². The topological polar surface area (TPSA) is 108 Å². The lowest BCUT2D eigenvalue weighted by Gasteiger charge is -2.29. The van der Waals surface area contributed by atoms with E-state index < -0.39 is 0 Å². The maximum absolute atomic E-state index is 12.9. The summed E-state index contributed by atoms with van der Waals surface area (Å²) in [5, 5.41) is 20.9. The second-order valence-corrected chi connectivity index (χ2v) is 19.6. The summed E-state index contributed by atoms with van der Waals surface area (Å²) in [5.41, 5.74) is 15.9. The van der Waals surface area contributed by atoms with E-state index in [9.17, 15) is 5.26 Å². The van der Waals surface area contributed by atoms with Crippen LogP contribution in [0.3, 0.4) is 0 Å². The van der Waals surface area contributed by atoms with Crippen LogP contribution in [0.2, 0.25) is 0 Å². The van der Waals surface area contributed by atoms with Gasteiger partial charge in [-0.3, -0.25) is 19.9 Å². The molecule has 16 rings (SSSR count). The fourth-order valence-electron chi connectivity index (χ4n) is 12.4. The summed E-state index contributed by atoms with van der Waals surface area (Å²) in [6, 6.07) is 70.5. The van der Waals surface area contributed by atoms with Crippen LogP contribution in [0.25, 0.3) is 144 Å². The molecule has 10 nitrogen and oxygen atoms in total. The SMILES string of the molecule is N#Cc1c(-c2cc(-c3ccccc3)nc(-c3ccccc3)c2)c(-n2c3ccccc3c3cnccc32)c(-n2c3ccccc3c3cnccc32)c(-n2c3ccccc3c3cnccc32)c1-n1c2ccccc2c2cnccc21. The van der Waals surface area contributed by atoms with Gasteiger partial charge < -0.3 is 18.3 Å². The smallest absolute Gasteiger partial charge is 0.102 e. The van der Waals surface area contributed by atoms with Gasteiger partial charge in [0.05, 0.1) is 83.8 Å². The van der Waals surface area contributed by atoms with E-state index >= 15 is 0 Å². The third-order valence-corrected chi connectivity index (χ3v) is 15.6. The van der Waals surface area contributed by atoms with Gasteiger partial charge in [-0.15, -0.1) is 0 Å². The zero-order valence-corrected chi connectivity index (χ0v) is 41.6. The first-order chi connectivity index (χ1) is 38.7. The minimum Gasteiger partial charge on any atom is -0.306 e. The first-order valence-electron chi connectivity index (χ1n) is 25.8. The van der Waals surface area contributed by atoms with Crippen molar-refractivity contribution in [2.45, 2.75) is 0 Å². The molecule has 0 saturated carbocycles. The van der Waals surface area contributed by atoms with Crippen molar-refractivity contribution in [3.8, 4) is 62.5 Å². The van der Waals surface area contributed by atoms with E-state index in [-0.39, 0.29) is 0 Å². The molecule has 0 saturated heterocycles. The number of benzene rings is 7. The van der Waals surface area contributed by atoms with E-state index in [0.717, 1.165) is 132 Å². The van der Waals surface area contributed by atoms with Crippen LogP contribution in [0.15, 0.2) is 244 Å². The Morgan fingerprint density at radius 1 is 0.295 bits per heavy atom. The van der Waals surface area contributed by atoms with Crippen LogP contribution in [-0.2, 0) is 0 Å². The van der Waals surface area contributed by atoms with Crippen LogP contribution in [0.4, 0.5) is 0 Å². The Morgan fingerprint density at radius 2 is 0.603 bits per heavy atom. The van der Waals surface area contributed by atoms with Crippen molar-refractivity contribution in [3.05, 3.63) is 249 Å². The van der Waals surface area contributed by atoms with Gasteiger partial charge in [-0.2, -0.15) is 5.26 Å². The lowest BCUT2D eigenvalue weighted by atomic mass is 9.91. The highest BCUT2D eigenvalue weighted by atomic mass is 15.1. The van der Waals surface area contributed by atoms with Crippen molar-refractivity contribution in [1.82, 2.24) is 43.2 Å². The number of fused-ring (bicyclic) bond motifs is 12. The molecule has 0 unspecified atom stereocenters. The molecule has 0 bridgehead atoms. The molecule has 7 aromatic carbocycles. The van der Waals surface area contributed by atoms with Gasteiger partial charge in [0.2, 0.25) is 0 Å². The van der Waals surface area contributed by atoms with Crippen LogP contribution in [0.5, 0.6) is 0 Å². The molecule has 0 N–H and O–H groups in total. The molecule has 0 aliphatic rings. The molecule has 10 heteroatoms. The number of rotatable bonds is 7. The van der Waals surface area contributed by atoms with Gasteiger partial charge in [-0.05, 0) is 66.2 Å². The molecule has 9 heterocycles. The average Bonchev–Trinajstić information content (AvgIpc) is 4.42. The Bertz CT molecular complexity index is 4900. The van der Waals surface area contributed by atoms with Crippen LogP contribution >= 0.6 is 0 Å². The van der Waals surface area contributed by atoms with Crippen molar-refractivity contribution < 1.29 is 0 Å². The summed E-state index contributed by atoms with van der Waals surface area (Å²) >= 11 is 0. The molecule has 78 heavy (non-hydrogen) atoms. The molecule has 0 spiro atoms. The van der Waals surface area contributed by atoms with Crippen molar-refractivity contribution in [2.24, 2.45) is 0 Å². The van der Waals surface area contributed by atoms with Crippen LogP contribution in [-0.4, -0.2) is 43.2 Å². The minimum absolute atomic E-state index is 0.454. The summed E-state index contributed by atoms with van der Waals surface area (Å²) < 4.78 is 9.48. The number of aromatic nitrogens is 9. The highest BCUT2D eigenvalue weighted by Crippen LogP contribution is 2.52. The second kappa shape index (κ2) is 17.0. The number of nitrogens with zero attached hydrogens (tertiary/aromatic N) is 10. The van der Waals surface area contributed by atoms with Gasteiger partial charge in [0.25, 0.3) is 0 Å². The van der Waals surface area contributed by atoms with Crippen molar-refractivity contribution in [2.75, 3.05) is 0 Å². The van der Waals surface area contributed by atoms with E-state index in [0.29, 0.717) is 16.8 Å².